The summed E-state index contributed by atoms with van der Waals surface area (Å²) in [6.07, 6.45) is 22.6. The minimum atomic E-state index is -0.169. The summed E-state index contributed by atoms with van der Waals surface area (Å²) in [5.41, 5.74) is 0. The second kappa shape index (κ2) is 17.0. The zero-order valence-corrected chi connectivity index (χ0v) is 14.1. The minimum Gasteiger partial charge on any atom is -0.466 e. The van der Waals surface area contributed by atoms with Gasteiger partial charge in [-0.15, -0.1) is 0 Å². The lowest BCUT2D eigenvalue weighted by Crippen LogP contribution is -1.99. The normalized spacial score (nSPS) is 11.5. The summed E-state index contributed by atoms with van der Waals surface area (Å²) in [5.74, 6) is -0.169. The third-order valence-electron chi connectivity index (χ3n) is 3.38. The number of ether oxygens (including phenoxy) is 1. The molecule has 0 aliphatic carbocycles. The molecular formula is C19H34O2. The smallest absolute Gasteiger partial charge is 0.302 e. The Balaban J connectivity index is 3.17. The number of unbranched alkanes of at least 4 members (excludes halogenated alkanes) is 8. The highest BCUT2D eigenvalue weighted by Crippen LogP contribution is 2.05. The number of hydrogen-bond acceptors (Lipinski definition) is 2. The maximum absolute atomic E-state index is 10.6. The van der Waals surface area contributed by atoms with Crippen molar-refractivity contribution in [3.63, 3.8) is 0 Å². The molecule has 0 unspecified atom stereocenters. The van der Waals surface area contributed by atoms with Crippen LogP contribution in [0.5, 0.6) is 0 Å². The maximum atomic E-state index is 10.6. The second-order valence-electron chi connectivity index (χ2n) is 5.56. The zero-order chi connectivity index (χ0) is 15.6. The molecule has 0 rings (SSSR count). The van der Waals surface area contributed by atoms with Crippen LogP contribution >= 0.6 is 0 Å². The topological polar surface area (TPSA) is 26.3 Å². The van der Waals surface area contributed by atoms with E-state index in [0.29, 0.717) is 6.61 Å². The van der Waals surface area contributed by atoms with E-state index >= 15 is 0 Å². The van der Waals surface area contributed by atoms with Crippen molar-refractivity contribution < 1.29 is 9.53 Å². The first-order valence-corrected chi connectivity index (χ1v) is 8.70. The van der Waals surface area contributed by atoms with Gasteiger partial charge in [0, 0.05) is 6.92 Å². The molecule has 0 spiro atoms. The molecule has 122 valence electrons. The fraction of sp³-hybridized carbons (Fsp3) is 0.737. The highest BCUT2D eigenvalue weighted by Gasteiger charge is 1.92. The molecule has 2 heteroatoms. The summed E-state index contributed by atoms with van der Waals surface area (Å²) in [7, 11) is 0. The van der Waals surface area contributed by atoms with Crippen LogP contribution in [0.4, 0.5) is 0 Å². The molecule has 0 saturated carbocycles. The van der Waals surface area contributed by atoms with Gasteiger partial charge in [-0.25, -0.2) is 0 Å². The Morgan fingerprint density at radius 3 is 1.86 bits per heavy atom. The summed E-state index contributed by atoms with van der Waals surface area (Å²) in [4.78, 5) is 10.6. The van der Waals surface area contributed by atoms with E-state index in [9.17, 15) is 4.79 Å². The van der Waals surface area contributed by atoms with Crippen LogP contribution in [0.1, 0.15) is 84.5 Å². The minimum absolute atomic E-state index is 0.169. The largest absolute Gasteiger partial charge is 0.466 e. The third-order valence-corrected chi connectivity index (χ3v) is 3.38. The van der Waals surface area contributed by atoms with Crippen molar-refractivity contribution in [2.24, 2.45) is 0 Å². The zero-order valence-electron chi connectivity index (χ0n) is 14.1. The van der Waals surface area contributed by atoms with E-state index in [1.54, 1.807) is 0 Å². The molecule has 0 aromatic carbocycles. The van der Waals surface area contributed by atoms with Gasteiger partial charge in [-0.05, 0) is 44.9 Å². The van der Waals surface area contributed by atoms with Crippen LogP contribution in [0.25, 0.3) is 0 Å². The van der Waals surface area contributed by atoms with Gasteiger partial charge in [0.1, 0.15) is 0 Å². The number of allylic oxidation sites excluding steroid dienone is 4. The molecule has 0 N–H and O–H groups in total. The Kier molecular flexibility index (Phi) is 16.2. The highest BCUT2D eigenvalue weighted by atomic mass is 16.5. The van der Waals surface area contributed by atoms with Gasteiger partial charge in [-0.1, -0.05) is 56.9 Å². The molecule has 0 amide bonds. The molecule has 0 aromatic rings. The molecular weight excluding hydrogens is 260 g/mol. The van der Waals surface area contributed by atoms with Crippen molar-refractivity contribution in [2.75, 3.05) is 6.61 Å². The molecule has 0 saturated heterocycles. The van der Waals surface area contributed by atoms with E-state index in [2.05, 4.69) is 31.2 Å². The number of rotatable bonds is 14. The van der Waals surface area contributed by atoms with Crippen LogP contribution in [0.2, 0.25) is 0 Å². The molecule has 0 bridgehead atoms. The van der Waals surface area contributed by atoms with Crippen molar-refractivity contribution in [3.05, 3.63) is 24.3 Å². The van der Waals surface area contributed by atoms with Crippen LogP contribution in [0, 0.1) is 0 Å². The Hall–Kier alpha value is -1.05. The standard InChI is InChI=1S/C19H34O2/c1-3-4-5-6-7-8-9-10-11-12-13-14-15-16-17-18-21-19(2)20/h7-8,11-12H,3-6,9-10,13-18H2,1-2H3/b8-7+,12-11-. The molecule has 0 aliphatic heterocycles. The number of carbonyl (C=O) groups is 1. The van der Waals surface area contributed by atoms with Crippen molar-refractivity contribution in [1.29, 1.82) is 0 Å². The van der Waals surface area contributed by atoms with Gasteiger partial charge in [0.15, 0.2) is 0 Å². The van der Waals surface area contributed by atoms with Crippen LogP contribution in [0.3, 0.4) is 0 Å². The van der Waals surface area contributed by atoms with Gasteiger partial charge in [0.05, 0.1) is 6.61 Å². The first-order valence-electron chi connectivity index (χ1n) is 8.70. The van der Waals surface area contributed by atoms with Gasteiger partial charge in [-0.3, -0.25) is 4.79 Å². The van der Waals surface area contributed by atoms with Crippen LogP contribution < -0.4 is 0 Å². The summed E-state index contributed by atoms with van der Waals surface area (Å²) in [6, 6.07) is 0. The summed E-state index contributed by atoms with van der Waals surface area (Å²) in [5, 5.41) is 0. The van der Waals surface area contributed by atoms with E-state index < -0.39 is 0 Å². The quantitative estimate of drug-likeness (QED) is 0.224. The Morgan fingerprint density at radius 1 is 0.762 bits per heavy atom. The summed E-state index contributed by atoms with van der Waals surface area (Å²) >= 11 is 0. The fourth-order valence-electron chi connectivity index (χ4n) is 2.11. The van der Waals surface area contributed by atoms with E-state index in [4.69, 9.17) is 4.74 Å². The Labute approximate surface area is 131 Å². The third kappa shape index (κ3) is 18.9. The lowest BCUT2D eigenvalue weighted by molar-refractivity contribution is -0.141. The number of esters is 1. The Morgan fingerprint density at radius 2 is 1.29 bits per heavy atom. The van der Waals surface area contributed by atoms with E-state index in [0.717, 1.165) is 19.3 Å². The number of carbonyl (C=O) groups excluding carboxylic acids is 1. The van der Waals surface area contributed by atoms with Crippen LogP contribution in [-0.4, -0.2) is 12.6 Å². The number of hydrogen-bond donors (Lipinski definition) is 0. The van der Waals surface area contributed by atoms with Gasteiger partial charge in [-0.2, -0.15) is 0 Å². The lowest BCUT2D eigenvalue weighted by atomic mass is 10.1. The predicted octanol–water partition coefficient (Wildman–Crippen LogP) is 5.97. The summed E-state index contributed by atoms with van der Waals surface area (Å²) < 4.78 is 4.90. The SMILES string of the molecule is CCCCC/C=C/CC/C=C\CCCCCCOC(C)=O. The first kappa shape index (κ1) is 19.9. The monoisotopic (exact) mass is 294 g/mol. The van der Waals surface area contributed by atoms with Gasteiger partial charge in [0.25, 0.3) is 0 Å². The van der Waals surface area contributed by atoms with Crippen molar-refractivity contribution in [2.45, 2.75) is 84.5 Å². The molecule has 21 heavy (non-hydrogen) atoms. The summed E-state index contributed by atoms with van der Waals surface area (Å²) in [6.45, 7) is 4.29. The molecule has 0 radical (unpaired) electrons. The molecule has 2 nitrogen and oxygen atoms in total. The van der Waals surface area contributed by atoms with Crippen LogP contribution in [-0.2, 0) is 9.53 Å². The van der Waals surface area contributed by atoms with Crippen LogP contribution in [0.15, 0.2) is 24.3 Å². The fourth-order valence-corrected chi connectivity index (χ4v) is 2.11. The van der Waals surface area contributed by atoms with Gasteiger partial charge >= 0.3 is 5.97 Å². The first-order chi connectivity index (χ1) is 10.3. The van der Waals surface area contributed by atoms with Gasteiger partial charge in [0.2, 0.25) is 0 Å². The average molecular weight is 294 g/mol. The van der Waals surface area contributed by atoms with E-state index in [-0.39, 0.29) is 5.97 Å². The molecule has 0 atom stereocenters. The molecule has 0 aromatic heterocycles. The average Bonchev–Trinajstić information content (AvgIpc) is 2.46. The highest BCUT2D eigenvalue weighted by molar-refractivity contribution is 5.65. The van der Waals surface area contributed by atoms with Crippen molar-refractivity contribution in [1.82, 2.24) is 0 Å². The molecule has 0 aliphatic rings. The second-order valence-corrected chi connectivity index (χ2v) is 5.56. The molecule has 0 fully saturated rings. The van der Waals surface area contributed by atoms with E-state index in [1.165, 1.54) is 58.3 Å². The lowest BCUT2D eigenvalue weighted by Gasteiger charge is -2.00. The van der Waals surface area contributed by atoms with Crippen molar-refractivity contribution in [3.8, 4) is 0 Å². The molecule has 0 heterocycles. The Bertz CT molecular complexity index is 279. The van der Waals surface area contributed by atoms with Gasteiger partial charge < -0.3 is 4.74 Å². The van der Waals surface area contributed by atoms with E-state index in [1.807, 2.05) is 0 Å². The maximum Gasteiger partial charge on any atom is 0.302 e. The van der Waals surface area contributed by atoms with Crippen molar-refractivity contribution >= 4 is 5.97 Å². The predicted molar refractivity (Wildman–Crippen MR) is 91.4 cm³/mol.